The van der Waals surface area contributed by atoms with Crippen LogP contribution in [0.5, 0.6) is 0 Å². The van der Waals surface area contributed by atoms with Crippen molar-refractivity contribution in [3.63, 3.8) is 0 Å². The second-order valence-electron chi connectivity index (χ2n) is 6.13. The Morgan fingerprint density at radius 2 is 1.38 bits per heavy atom. The van der Waals surface area contributed by atoms with Crippen molar-refractivity contribution in [3.8, 4) is 0 Å². The predicted molar refractivity (Wildman–Crippen MR) is 111 cm³/mol. The summed E-state index contributed by atoms with van der Waals surface area (Å²) in [5, 5.41) is 0.355. The number of rotatable bonds is 6. The molecule has 0 saturated carbocycles. The first-order chi connectivity index (χ1) is 13.6. The molecule has 3 rings (SSSR count). The Hall–Kier alpha value is -2.62. The summed E-state index contributed by atoms with van der Waals surface area (Å²) in [4.78, 5) is -0.673. The van der Waals surface area contributed by atoms with Crippen LogP contribution in [0, 0.1) is 12.7 Å². The predicted octanol–water partition coefficient (Wildman–Crippen LogP) is 4.39. The first kappa shape index (κ1) is 21.1. The number of anilines is 2. The quantitative estimate of drug-likeness (QED) is 0.577. The lowest BCUT2D eigenvalue weighted by atomic mass is 10.2. The molecule has 0 aliphatic heterocycles. The topological polar surface area (TPSA) is 92.3 Å². The summed E-state index contributed by atoms with van der Waals surface area (Å²) < 4.78 is 69.0. The van der Waals surface area contributed by atoms with Gasteiger partial charge in [0.25, 0.3) is 20.0 Å². The van der Waals surface area contributed by atoms with E-state index in [2.05, 4.69) is 9.44 Å². The normalized spacial score (nSPS) is 11.8. The van der Waals surface area contributed by atoms with E-state index in [9.17, 15) is 21.2 Å². The molecule has 6 nitrogen and oxygen atoms in total. The molecule has 2 N–H and O–H groups in total. The Morgan fingerprint density at radius 3 is 2.03 bits per heavy atom. The van der Waals surface area contributed by atoms with Crippen LogP contribution in [0.2, 0.25) is 5.02 Å². The third-order valence-corrected chi connectivity index (χ3v) is 7.11. The molecule has 0 radical (unpaired) electrons. The van der Waals surface area contributed by atoms with Crippen molar-refractivity contribution >= 4 is 43.0 Å². The SMILES string of the molecule is Cc1ccc(NS(=O)(=O)c2ccccc2F)cc1S(=O)(=O)Nc1cccc(Cl)c1. The fourth-order valence-electron chi connectivity index (χ4n) is 2.59. The summed E-state index contributed by atoms with van der Waals surface area (Å²) in [6.45, 7) is 1.57. The second kappa shape index (κ2) is 8.02. The van der Waals surface area contributed by atoms with E-state index in [-0.39, 0.29) is 16.3 Å². The highest BCUT2D eigenvalue weighted by Crippen LogP contribution is 2.26. The highest BCUT2D eigenvalue weighted by atomic mass is 35.5. The second-order valence-corrected chi connectivity index (χ2v) is 9.87. The van der Waals surface area contributed by atoms with Crippen molar-refractivity contribution in [3.05, 3.63) is 83.1 Å². The summed E-state index contributed by atoms with van der Waals surface area (Å²) >= 11 is 5.88. The van der Waals surface area contributed by atoms with Crippen molar-refractivity contribution < 1.29 is 21.2 Å². The summed E-state index contributed by atoms with van der Waals surface area (Å²) in [5.41, 5.74) is 0.632. The highest BCUT2D eigenvalue weighted by molar-refractivity contribution is 7.93. The van der Waals surface area contributed by atoms with Crippen LogP contribution in [0.4, 0.5) is 15.8 Å². The van der Waals surface area contributed by atoms with E-state index in [0.29, 0.717) is 10.6 Å². The summed E-state index contributed by atoms with van der Waals surface area (Å²) in [5.74, 6) is -0.914. The monoisotopic (exact) mass is 454 g/mol. The van der Waals surface area contributed by atoms with Gasteiger partial charge in [0, 0.05) is 5.02 Å². The number of halogens is 2. The van der Waals surface area contributed by atoms with Crippen LogP contribution in [-0.4, -0.2) is 16.8 Å². The number of hydrogen-bond acceptors (Lipinski definition) is 4. The molecule has 0 amide bonds. The Kier molecular flexibility index (Phi) is 5.83. The molecule has 0 unspecified atom stereocenters. The van der Waals surface area contributed by atoms with E-state index in [0.717, 1.165) is 12.1 Å². The van der Waals surface area contributed by atoms with Gasteiger partial charge >= 0.3 is 0 Å². The lowest BCUT2D eigenvalue weighted by Crippen LogP contribution is -2.17. The largest absolute Gasteiger partial charge is 0.280 e. The van der Waals surface area contributed by atoms with Gasteiger partial charge in [-0.1, -0.05) is 35.9 Å². The lowest BCUT2D eigenvalue weighted by molar-refractivity contribution is 0.570. The number of benzene rings is 3. The average Bonchev–Trinajstić information content (AvgIpc) is 2.63. The zero-order chi connectivity index (χ0) is 21.2. The minimum absolute atomic E-state index is 0.0228. The molecular weight excluding hydrogens is 439 g/mol. The Bertz CT molecular complexity index is 1280. The van der Waals surface area contributed by atoms with Crippen LogP contribution in [0.1, 0.15) is 5.56 Å². The molecule has 0 aliphatic carbocycles. The molecule has 0 saturated heterocycles. The third-order valence-electron chi connectivity index (χ3n) is 3.93. The number of sulfonamides is 2. The van der Waals surface area contributed by atoms with Crippen LogP contribution >= 0.6 is 11.6 Å². The van der Waals surface area contributed by atoms with Gasteiger partial charge in [0.15, 0.2) is 0 Å². The Labute approximate surface area is 173 Å². The number of hydrogen-bond donors (Lipinski definition) is 2. The van der Waals surface area contributed by atoms with Crippen LogP contribution in [0.3, 0.4) is 0 Å². The maximum Gasteiger partial charge on any atom is 0.264 e. The molecular formula is C19H16ClFN2O4S2. The third kappa shape index (κ3) is 4.87. The minimum atomic E-state index is -4.24. The van der Waals surface area contributed by atoms with Gasteiger partial charge in [-0.2, -0.15) is 0 Å². The fraction of sp³-hybridized carbons (Fsp3) is 0.0526. The van der Waals surface area contributed by atoms with Crippen LogP contribution in [0.15, 0.2) is 76.5 Å². The molecule has 10 heteroatoms. The van der Waals surface area contributed by atoms with Gasteiger partial charge in [-0.3, -0.25) is 9.44 Å². The minimum Gasteiger partial charge on any atom is -0.280 e. The van der Waals surface area contributed by atoms with Gasteiger partial charge in [-0.05, 0) is 55.0 Å². The fourth-order valence-corrected chi connectivity index (χ4v) is 5.23. The van der Waals surface area contributed by atoms with E-state index < -0.39 is 30.8 Å². The molecule has 0 heterocycles. The van der Waals surface area contributed by atoms with Gasteiger partial charge in [0.2, 0.25) is 0 Å². The van der Waals surface area contributed by atoms with E-state index >= 15 is 0 Å². The number of nitrogens with one attached hydrogen (secondary N) is 2. The van der Waals surface area contributed by atoms with Crippen LogP contribution in [-0.2, 0) is 20.0 Å². The maximum absolute atomic E-state index is 13.9. The van der Waals surface area contributed by atoms with Crippen molar-refractivity contribution in [1.29, 1.82) is 0 Å². The van der Waals surface area contributed by atoms with E-state index in [1.807, 2.05) is 0 Å². The average molecular weight is 455 g/mol. The molecule has 0 spiro atoms. The zero-order valence-corrected chi connectivity index (χ0v) is 17.4. The summed E-state index contributed by atoms with van der Waals surface area (Å²) in [6.07, 6.45) is 0. The van der Waals surface area contributed by atoms with Crippen molar-refractivity contribution in [2.24, 2.45) is 0 Å². The molecule has 0 aromatic heterocycles. The van der Waals surface area contributed by atoms with E-state index in [1.54, 1.807) is 19.1 Å². The van der Waals surface area contributed by atoms with Gasteiger partial charge in [0.1, 0.15) is 10.7 Å². The molecule has 3 aromatic rings. The van der Waals surface area contributed by atoms with Crippen molar-refractivity contribution in [2.75, 3.05) is 9.44 Å². The van der Waals surface area contributed by atoms with Crippen molar-refractivity contribution in [2.45, 2.75) is 16.7 Å². The smallest absolute Gasteiger partial charge is 0.264 e. The van der Waals surface area contributed by atoms with Crippen LogP contribution in [0.25, 0.3) is 0 Å². The molecule has 29 heavy (non-hydrogen) atoms. The van der Waals surface area contributed by atoms with Gasteiger partial charge < -0.3 is 0 Å². The van der Waals surface area contributed by atoms with Crippen molar-refractivity contribution in [1.82, 2.24) is 0 Å². The zero-order valence-electron chi connectivity index (χ0n) is 15.1. The van der Waals surface area contributed by atoms with Gasteiger partial charge in [0.05, 0.1) is 16.3 Å². The van der Waals surface area contributed by atoms with Gasteiger partial charge in [-0.25, -0.2) is 21.2 Å². The molecule has 3 aromatic carbocycles. The maximum atomic E-state index is 13.9. The molecule has 152 valence electrons. The lowest BCUT2D eigenvalue weighted by Gasteiger charge is -2.14. The Balaban J connectivity index is 1.95. The molecule has 0 aliphatic rings. The van der Waals surface area contributed by atoms with Gasteiger partial charge in [-0.15, -0.1) is 0 Å². The first-order valence-corrected chi connectivity index (χ1v) is 11.6. The van der Waals surface area contributed by atoms with E-state index in [4.69, 9.17) is 11.6 Å². The Morgan fingerprint density at radius 1 is 0.759 bits per heavy atom. The standard InChI is InChI=1S/C19H16ClFN2O4S2/c1-13-9-10-16(23-28(24,25)18-8-3-2-7-17(18)21)12-19(13)29(26,27)22-15-6-4-5-14(20)11-15/h2-12,22-23H,1H3. The van der Waals surface area contributed by atoms with Crippen LogP contribution < -0.4 is 9.44 Å². The molecule has 0 bridgehead atoms. The number of aryl methyl sites for hydroxylation is 1. The first-order valence-electron chi connectivity index (χ1n) is 8.25. The highest BCUT2D eigenvalue weighted by Gasteiger charge is 2.22. The summed E-state index contributed by atoms with van der Waals surface area (Å²) in [6, 6.07) is 15.1. The van der Waals surface area contributed by atoms with E-state index in [1.165, 1.54) is 42.5 Å². The molecule has 0 atom stereocenters. The summed E-state index contributed by atoms with van der Waals surface area (Å²) in [7, 11) is -8.27. The molecule has 0 fully saturated rings.